The highest BCUT2D eigenvalue weighted by atomic mass is 16.2. The lowest BCUT2D eigenvalue weighted by Crippen LogP contribution is -2.22. The van der Waals surface area contributed by atoms with Crippen LogP contribution in [0.2, 0.25) is 0 Å². The van der Waals surface area contributed by atoms with Crippen LogP contribution < -0.4 is 0 Å². The number of hydrogen-bond donors (Lipinski definition) is 0. The lowest BCUT2D eigenvalue weighted by atomic mass is 10.1. The summed E-state index contributed by atoms with van der Waals surface area (Å²) in [7, 11) is 3.28. The van der Waals surface area contributed by atoms with Crippen LogP contribution >= 0.6 is 0 Å². The van der Waals surface area contributed by atoms with Crippen molar-refractivity contribution in [2.45, 2.75) is 13.5 Å². The maximum absolute atomic E-state index is 12.1. The fourth-order valence-electron chi connectivity index (χ4n) is 2.53. The summed E-state index contributed by atoms with van der Waals surface area (Å²) in [6.45, 7) is 6.47. The van der Waals surface area contributed by atoms with Gasteiger partial charge < -0.3 is 9.47 Å². The summed E-state index contributed by atoms with van der Waals surface area (Å²) < 4.78 is 2.13. The van der Waals surface area contributed by atoms with Gasteiger partial charge >= 0.3 is 0 Å². The van der Waals surface area contributed by atoms with Crippen molar-refractivity contribution in [3.05, 3.63) is 53.8 Å². The minimum Gasteiger partial charge on any atom is -0.344 e. The molecule has 0 bridgehead atoms. The van der Waals surface area contributed by atoms with E-state index in [1.807, 2.05) is 43.3 Å². The Labute approximate surface area is 130 Å². The molecule has 1 amide bonds. The smallest absolute Gasteiger partial charge is 0.264 e. The standard InChI is InChI=1S/C18H19N3O/c1-5-10-21-13(2)16(15-8-6-7-9-17(15)21)11-14(12-19)18(22)20(3)4/h5-9,11H,1,10H2,2-4H3/b14-11-. The second kappa shape index (κ2) is 6.31. The number of nitrogens with zero attached hydrogens (tertiary/aromatic N) is 3. The van der Waals surface area contributed by atoms with Crippen molar-refractivity contribution < 1.29 is 4.79 Å². The average Bonchev–Trinajstić information content (AvgIpc) is 2.77. The number of carbonyl (C=O) groups is 1. The zero-order valence-electron chi connectivity index (χ0n) is 13.1. The maximum Gasteiger partial charge on any atom is 0.264 e. The number of amides is 1. The van der Waals surface area contributed by atoms with Crippen molar-refractivity contribution >= 4 is 22.9 Å². The van der Waals surface area contributed by atoms with E-state index in [0.29, 0.717) is 6.54 Å². The molecule has 1 aromatic carbocycles. The van der Waals surface area contributed by atoms with Gasteiger partial charge in [-0.1, -0.05) is 24.3 Å². The van der Waals surface area contributed by atoms with Gasteiger partial charge in [0.1, 0.15) is 11.6 Å². The number of rotatable bonds is 4. The molecule has 0 aliphatic carbocycles. The molecule has 0 unspecified atom stereocenters. The summed E-state index contributed by atoms with van der Waals surface area (Å²) in [4.78, 5) is 13.5. The monoisotopic (exact) mass is 293 g/mol. The average molecular weight is 293 g/mol. The van der Waals surface area contributed by atoms with Crippen molar-refractivity contribution in [3.63, 3.8) is 0 Å². The summed E-state index contributed by atoms with van der Waals surface area (Å²) in [6, 6.07) is 9.97. The fraction of sp³-hybridized carbons (Fsp3) is 0.222. The Bertz CT molecular complexity index is 804. The topological polar surface area (TPSA) is 49.0 Å². The third-order valence-electron chi connectivity index (χ3n) is 3.64. The van der Waals surface area contributed by atoms with E-state index in [4.69, 9.17) is 0 Å². The Morgan fingerprint density at radius 3 is 2.68 bits per heavy atom. The van der Waals surface area contributed by atoms with Crippen LogP contribution in [0.4, 0.5) is 0 Å². The first-order chi connectivity index (χ1) is 10.5. The van der Waals surface area contributed by atoms with Crippen molar-refractivity contribution in [1.29, 1.82) is 5.26 Å². The van der Waals surface area contributed by atoms with Crippen LogP contribution in [-0.2, 0) is 11.3 Å². The van der Waals surface area contributed by atoms with Crippen molar-refractivity contribution in [2.24, 2.45) is 0 Å². The molecule has 1 aromatic heterocycles. The molecule has 0 saturated carbocycles. The van der Waals surface area contributed by atoms with E-state index in [2.05, 4.69) is 11.1 Å². The first-order valence-corrected chi connectivity index (χ1v) is 7.03. The minimum absolute atomic E-state index is 0.134. The molecule has 0 aliphatic rings. The highest BCUT2D eigenvalue weighted by Gasteiger charge is 2.16. The summed E-state index contributed by atoms with van der Waals surface area (Å²) in [5.41, 5.74) is 3.12. The molecule has 0 fully saturated rings. The lowest BCUT2D eigenvalue weighted by Gasteiger charge is -2.08. The van der Waals surface area contributed by atoms with E-state index in [9.17, 15) is 10.1 Å². The molecule has 0 saturated heterocycles. The number of hydrogen-bond acceptors (Lipinski definition) is 2. The molecule has 0 spiro atoms. The van der Waals surface area contributed by atoms with Gasteiger partial charge in [-0.3, -0.25) is 4.79 Å². The summed E-state index contributed by atoms with van der Waals surface area (Å²) in [5.74, 6) is -0.289. The van der Waals surface area contributed by atoms with Gasteiger partial charge in [0.2, 0.25) is 0 Å². The fourth-order valence-corrected chi connectivity index (χ4v) is 2.53. The molecule has 22 heavy (non-hydrogen) atoms. The quantitative estimate of drug-likeness (QED) is 0.494. The van der Waals surface area contributed by atoms with Crippen LogP contribution in [-0.4, -0.2) is 29.5 Å². The normalized spacial score (nSPS) is 11.3. The molecule has 1 heterocycles. The van der Waals surface area contributed by atoms with E-state index in [1.54, 1.807) is 20.2 Å². The molecule has 4 heteroatoms. The van der Waals surface area contributed by atoms with Crippen LogP contribution in [0.15, 0.2) is 42.5 Å². The Hall–Kier alpha value is -2.80. The van der Waals surface area contributed by atoms with Crippen LogP contribution in [0.25, 0.3) is 17.0 Å². The van der Waals surface area contributed by atoms with E-state index in [0.717, 1.165) is 22.2 Å². The Balaban J connectivity index is 2.70. The highest BCUT2D eigenvalue weighted by molar-refractivity contribution is 6.04. The second-order valence-corrected chi connectivity index (χ2v) is 5.28. The largest absolute Gasteiger partial charge is 0.344 e. The summed E-state index contributed by atoms with van der Waals surface area (Å²) >= 11 is 0. The molecule has 4 nitrogen and oxygen atoms in total. The summed E-state index contributed by atoms with van der Waals surface area (Å²) in [5, 5.41) is 10.3. The van der Waals surface area contributed by atoms with Crippen LogP contribution in [0.3, 0.4) is 0 Å². The van der Waals surface area contributed by atoms with Crippen molar-refractivity contribution in [2.75, 3.05) is 14.1 Å². The van der Waals surface area contributed by atoms with Crippen molar-refractivity contribution in [3.8, 4) is 6.07 Å². The molecular weight excluding hydrogens is 274 g/mol. The Kier molecular flexibility index (Phi) is 4.47. The van der Waals surface area contributed by atoms with Gasteiger partial charge in [0.25, 0.3) is 5.91 Å². The van der Waals surface area contributed by atoms with Gasteiger partial charge in [-0.05, 0) is 19.1 Å². The van der Waals surface area contributed by atoms with Crippen LogP contribution in [0, 0.1) is 18.3 Å². The SMILES string of the molecule is C=CCn1c(C)c(/C=C(/C#N)C(=O)N(C)C)c2ccccc21. The Morgan fingerprint density at radius 2 is 2.09 bits per heavy atom. The van der Waals surface area contributed by atoms with Gasteiger partial charge in [0, 0.05) is 42.8 Å². The minimum atomic E-state index is -0.289. The number of fused-ring (bicyclic) bond motifs is 1. The van der Waals surface area contributed by atoms with E-state index >= 15 is 0 Å². The third kappa shape index (κ3) is 2.66. The molecule has 0 atom stereocenters. The Morgan fingerprint density at radius 1 is 1.41 bits per heavy atom. The van der Waals surface area contributed by atoms with Gasteiger partial charge in [-0.25, -0.2) is 0 Å². The first-order valence-electron chi connectivity index (χ1n) is 7.03. The van der Waals surface area contributed by atoms with Gasteiger partial charge in [0.15, 0.2) is 0 Å². The predicted octanol–water partition coefficient (Wildman–Crippen LogP) is 3.13. The lowest BCUT2D eigenvalue weighted by molar-refractivity contribution is -0.124. The summed E-state index contributed by atoms with van der Waals surface area (Å²) in [6.07, 6.45) is 3.52. The number of nitriles is 1. The molecule has 112 valence electrons. The molecule has 2 rings (SSSR count). The number of benzene rings is 1. The van der Waals surface area contributed by atoms with Gasteiger partial charge in [-0.2, -0.15) is 5.26 Å². The second-order valence-electron chi connectivity index (χ2n) is 5.28. The maximum atomic E-state index is 12.1. The van der Waals surface area contributed by atoms with E-state index < -0.39 is 0 Å². The van der Waals surface area contributed by atoms with Gasteiger partial charge in [0.05, 0.1) is 0 Å². The predicted molar refractivity (Wildman–Crippen MR) is 89.2 cm³/mol. The number of likely N-dealkylation sites (N-methyl/N-ethyl adjacent to an activating group) is 1. The molecule has 0 radical (unpaired) electrons. The molecule has 0 aliphatic heterocycles. The van der Waals surface area contributed by atoms with E-state index in [1.165, 1.54) is 4.90 Å². The zero-order chi connectivity index (χ0) is 16.3. The molecule has 0 N–H and O–H groups in total. The number of para-hydroxylation sites is 1. The highest BCUT2D eigenvalue weighted by Crippen LogP contribution is 2.28. The molecular formula is C18H19N3O. The van der Waals surface area contributed by atoms with Crippen molar-refractivity contribution in [1.82, 2.24) is 9.47 Å². The zero-order valence-corrected chi connectivity index (χ0v) is 13.1. The number of allylic oxidation sites excluding steroid dienone is 1. The third-order valence-corrected chi connectivity index (χ3v) is 3.64. The van der Waals surface area contributed by atoms with Gasteiger partial charge in [-0.15, -0.1) is 6.58 Å². The number of aromatic nitrogens is 1. The van der Waals surface area contributed by atoms with Crippen LogP contribution in [0.1, 0.15) is 11.3 Å². The first kappa shape index (κ1) is 15.6. The van der Waals surface area contributed by atoms with Crippen LogP contribution in [0.5, 0.6) is 0 Å². The van der Waals surface area contributed by atoms with E-state index in [-0.39, 0.29) is 11.5 Å². The number of carbonyl (C=O) groups excluding carboxylic acids is 1. The molecule has 2 aromatic rings.